The summed E-state index contributed by atoms with van der Waals surface area (Å²) >= 11 is 0. The minimum Gasteiger partial charge on any atom is -0.427 e. The molecule has 1 radical (unpaired) electrons. The minimum absolute atomic E-state index is 0.0694. The maximum atomic E-state index is 9.86. The van der Waals surface area contributed by atoms with Crippen LogP contribution in [0.2, 0.25) is 0 Å². The normalized spacial score (nSPS) is 21.0. The lowest BCUT2D eigenvalue weighted by Crippen LogP contribution is -1.94. The average Bonchev–Trinajstić information content (AvgIpc) is 1.86. The van der Waals surface area contributed by atoms with E-state index in [0.29, 0.717) is 0 Å². The second-order valence-corrected chi connectivity index (χ2v) is 0.897. The number of esters is 1. The van der Waals surface area contributed by atoms with Crippen LogP contribution in [0.25, 0.3) is 0 Å². The Kier molecular flexibility index (Phi) is 0.759. The first-order chi connectivity index (χ1) is 2.89. The highest BCUT2D eigenvalue weighted by molar-refractivity contribution is 5.72. The van der Waals surface area contributed by atoms with Crippen LogP contribution in [0.4, 0.5) is 0 Å². The van der Waals surface area contributed by atoms with E-state index >= 15 is 0 Å². The van der Waals surface area contributed by atoms with E-state index in [1.165, 1.54) is 0 Å². The van der Waals surface area contributed by atoms with Gasteiger partial charge < -0.3 is 9.47 Å². The molecule has 0 amide bonds. The molecule has 6 heavy (non-hydrogen) atoms. The van der Waals surface area contributed by atoms with Crippen LogP contribution in [-0.4, -0.2) is 12.6 Å². The van der Waals surface area contributed by atoms with E-state index in [1.54, 1.807) is 0 Å². The highest BCUT2D eigenvalue weighted by Gasteiger charge is 2.09. The van der Waals surface area contributed by atoms with E-state index in [0.717, 1.165) is 6.79 Å². The molecule has 0 N–H and O–H groups in total. The standard InChI is InChI=1S/C3H3O3/c4-3-1-5-2-6-3/h2H,1H2. The maximum absolute atomic E-state index is 9.86. The van der Waals surface area contributed by atoms with Gasteiger partial charge in [0.1, 0.15) is 6.61 Å². The summed E-state index contributed by atoms with van der Waals surface area (Å²) < 4.78 is 8.53. The van der Waals surface area contributed by atoms with Crippen molar-refractivity contribution in [2.45, 2.75) is 0 Å². The van der Waals surface area contributed by atoms with Crippen molar-refractivity contribution in [1.29, 1.82) is 0 Å². The maximum Gasteiger partial charge on any atom is 0.334 e. The molecule has 1 aliphatic heterocycles. The van der Waals surface area contributed by atoms with Crippen molar-refractivity contribution in [1.82, 2.24) is 0 Å². The third-order valence-electron chi connectivity index (χ3n) is 0.449. The van der Waals surface area contributed by atoms with Crippen molar-refractivity contribution >= 4 is 5.97 Å². The Balaban J connectivity index is 2.37. The highest BCUT2D eigenvalue weighted by atomic mass is 16.7. The summed E-state index contributed by atoms with van der Waals surface area (Å²) in [6.45, 7) is 1.10. The third kappa shape index (κ3) is 0.490. The SMILES string of the molecule is O=C1CO[CH]O1. The monoisotopic (exact) mass is 87.0 g/mol. The molecule has 1 fully saturated rings. The second kappa shape index (κ2) is 1.26. The topological polar surface area (TPSA) is 35.5 Å². The van der Waals surface area contributed by atoms with Crippen LogP contribution in [0.1, 0.15) is 0 Å². The van der Waals surface area contributed by atoms with Gasteiger partial charge >= 0.3 is 5.97 Å². The van der Waals surface area contributed by atoms with E-state index in [9.17, 15) is 4.79 Å². The van der Waals surface area contributed by atoms with Gasteiger partial charge in [-0.25, -0.2) is 4.79 Å². The zero-order valence-electron chi connectivity index (χ0n) is 3.01. The molecule has 0 aliphatic carbocycles. The van der Waals surface area contributed by atoms with Gasteiger partial charge in [0.15, 0.2) is 0 Å². The zero-order valence-corrected chi connectivity index (χ0v) is 3.01. The number of carbonyl (C=O) groups is 1. The summed E-state index contributed by atoms with van der Waals surface area (Å²) in [6.07, 6.45) is 0. The Morgan fingerprint density at radius 3 is 2.83 bits per heavy atom. The lowest BCUT2D eigenvalue weighted by atomic mass is 10.8. The first kappa shape index (κ1) is 3.61. The van der Waals surface area contributed by atoms with Crippen LogP contribution >= 0.6 is 0 Å². The number of ether oxygens (including phenoxy) is 2. The molecule has 3 heteroatoms. The Hall–Kier alpha value is -0.570. The Bertz CT molecular complexity index is 60.4. The smallest absolute Gasteiger partial charge is 0.334 e. The summed E-state index contributed by atoms with van der Waals surface area (Å²) in [6, 6.07) is 0. The fourth-order valence-electron chi connectivity index (χ4n) is 0.224. The number of hydrogen-bond acceptors (Lipinski definition) is 3. The van der Waals surface area contributed by atoms with Crippen LogP contribution < -0.4 is 0 Å². The van der Waals surface area contributed by atoms with Crippen molar-refractivity contribution in [3.05, 3.63) is 6.79 Å². The Morgan fingerprint density at radius 2 is 2.67 bits per heavy atom. The number of cyclic esters (lactones) is 1. The van der Waals surface area contributed by atoms with E-state index in [1.807, 2.05) is 0 Å². The van der Waals surface area contributed by atoms with Crippen molar-refractivity contribution in [2.75, 3.05) is 6.61 Å². The van der Waals surface area contributed by atoms with Gasteiger partial charge in [-0.15, -0.1) is 0 Å². The van der Waals surface area contributed by atoms with Crippen molar-refractivity contribution in [3.8, 4) is 0 Å². The molecule has 0 aromatic rings. The third-order valence-corrected chi connectivity index (χ3v) is 0.449. The lowest BCUT2D eigenvalue weighted by Gasteiger charge is -1.76. The number of hydrogen-bond donors (Lipinski definition) is 0. The van der Waals surface area contributed by atoms with Crippen LogP contribution in [0, 0.1) is 6.79 Å². The Morgan fingerprint density at radius 1 is 1.83 bits per heavy atom. The summed E-state index contributed by atoms with van der Waals surface area (Å²) in [7, 11) is 0. The predicted octanol–water partition coefficient (Wildman–Crippen LogP) is -0.321. The molecule has 0 aromatic heterocycles. The number of carbonyl (C=O) groups excluding carboxylic acids is 1. The van der Waals surface area contributed by atoms with Gasteiger partial charge in [-0.3, -0.25) is 0 Å². The molecule has 1 heterocycles. The lowest BCUT2D eigenvalue weighted by molar-refractivity contribution is -0.134. The molecular weight excluding hydrogens is 84.0 g/mol. The van der Waals surface area contributed by atoms with E-state index in [-0.39, 0.29) is 12.6 Å². The summed E-state index contributed by atoms with van der Waals surface area (Å²) in [5, 5.41) is 0. The van der Waals surface area contributed by atoms with E-state index in [2.05, 4.69) is 9.47 Å². The summed E-state index contributed by atoms with van der Waals surface area (Å²) in [5.41, 5.74) is 0. The average molecular weight is 87.1 g/mol. The summed E-state index contributed by atoms with van der Waals surface area (Å²) in [5.74, 6) is -0.324. The van der Waals surface area contributed by atoms with Crippen LogP contribution in [0.3, 0.4) is 0 Å². The molecule has 0 atom stereocenters. The van der Waals surface area contributed by atoms with Crippen LogP contribution in [0.5, 0.6) is 0 Å². The number of rotatable bonds is 0. The van der Waals surface area contributed by atoms with Crippen molar-refractivity contribution < 1.29 is 14.3 Å². The Labute approximate surface area is 34.9 Å². The minimum atomic E-state index is -0.324. The molecule has 0 unspecified atom stereocenters. The summed E-state index contributed by atoms with van der Waals surface area (Å²) in [4.78, 5) is 9.86. The van der Waals surface area contributed by atoms with Crippen LogP contribution in [-0.2, 0) is 14.3 Å². The molecule has 1 aliphatic rings. The zero-order chi connectivity index (χ0) is 4.41. The molecule has 0 aromatic carbocycles. The first-order valence-corrected chi connectivity index (χ1v) is 1.52. The molecule has 0 saturated carbocycles. The molecule has 0 bridgehead atoms. The van der Waals surface area contributed by atoms with Gasteiger partial charge in [0.2, 0.25) is 0 Å². The van der Waals surface area contributed by atoms with Gasteiger partial charge in [-0.05, 0) is 0 Å². The first-order valence-electron chi connectivity index (χ1n) is 1.52. The van der Waals surface area contributed by atoms with Crippen molar-refractivity contribution in [3.63, 3.8) is 0 Å². The van der Waals surface area contributed by atoms with Gasteiger partial charge in [0, 0.05) is 0 Å². The van der Waals surface area contributed by atoms with Gasteiger partial charge in [-0.2, -0.15) is 0 Å². The molecular formula is C3H3O3. The van der Waals surface area contributed by atoms with Gasteiger partial charge in [0.25, 0.3) is 6.79 Å². The highest BCUT2D eigenvalue weighted by Crippen LogP contribution is 1.95. The molecule has 33 valence electrons. The predicted molar refractivity (Wildman–Crippen MR) is 16.3 cm³/mol. The van der Waals surface area contributed by atoms with Gasteiger partial charge in [0.05, 0.1) is 0 Å². The quantitative estimate of drug-likeness (QED) is 0.380. The van der Waals surface area contributed by atoms with E-state index in [4.69, 9.17) is 0 Å². The van der Waals surface area contributed by atoms with Crippen LogP contribution in [0.15, 0.2) is 0 Å². The largest absolute Gasteiger partial charge is 0.427 e. The molecule has 3 nitrogen and oxygen atoms in total. The van der Waals surface area contributed by atoms with E-state index < -0.39 is 0 Å². The molecule has 1 rings (SSSR count). The van der Waals surface area contributed by atoms with Gasteiger partial charge in [-0.1, -0.05) is 0 Å². The molecule has 0 spiro atoms. The van der Waals surface area contributed by atoms with Crippen molar-refractivity contribution in [2.24, 2.45) is 0 Å². The fraction of sp³-hybridized carbons (Fsp3) is 0.333. The second-order valence-electron chi connectivity index (χ2n) is 0.897. The molecule has 1 saturated heterocycles. The fourth-order valence-corrected chi connectivity index (χ4v) is 0.224.